The highest BCUT2D eigenvalue weighted by Gasteiger charge is 2.34. The second-order valence-electron chi connectivity index (χ2n) is 13.4. The molecule has 1 heterocycles. The van der Waals surface area contributed by atoms with Crippen molar-refractivity contribution in [2.45, 2.75) is 127 Å². The van der Waals surface area contributed by atoms with Crippen LogP contribution in [0.25, 0.3) is 0 Å². The number of rotatable bonds is 16. The Morgan fingerprint density at radius 3 is 2.28 bits per heavy atom. The Morgan fingerprint density at radius 1 is 0.978 bits per heavy atom. The van der Waals surface area contributed by atoms with E-state index in [0.29, 0.717) is 36.1 Å². The van der Waals surface area contributed by atoms with Crippen molar-refractivity contribution in [2.24, 2.45) is 11.8 Å². The van der Waals surface area contributed by atoms with E-state index in [9.17, 15) is 19.5 Å². The molecule has 1 saturated carbocycles. The van der Waals surface area contributed by atoms with Gasteiger partial charge in [-0.3, -0.25) is 9.59 Å². The summed E-state index contributed by atoms with van der Waals surface area (Å²) in [7, 11) is 0. The number of aliphatic hydroxyl groups excluding tert-OH is 1. The smallest absolute Gasteiger partial charge is 0.408 e. The van der Waals surface area contributed by atoms with Gasteiger partial charge in [0.25, 0.3) is 0 Å². The van der Waals surface area contributed by atoms with Gasteiger partial charge in [0, 0.05) is 24.6 Å². The highest BCUT2D eigenvalue weighted by atomic mass is 32.2. The zero-order chi connectivity index (χ0) is 33.5. The fourth-order valence-corrected chi connectivity index (χ4v) is 6.48. The molecular weight excluding hydrogens is 602 g/mol. The minimum Gasteiger partial charge on any atom is -0.444 e. The quantitative estimate of drug-likeness (QED) is 0.138. The summed E-state index contributed by atoms with van der Waals surface area (Å²) in [5.41, 5.74) is 0.121. The lowest BCUT2D eigenvalue weighted by atomic mass is 9.83. The van der Waals surface area contributed by atoms with E-state index in [2.05, 4.69) is 25.9 Å². The molecular formula is C35H53N5O5S. The van der Waals surface area contributed by atoms with Crippen LogP contribution in [0.5, 0.6) is 0 Å². The Labute approximate surface area is 278 Å². The lowest BCUT2D eigenvalue weighted by molar-refractivity contribution is -0.132. The maximum absolute atomic E-state index is 13.9. The number of hydrogen-bond donors (Lipinski definition) is 4. The molecule has 0 aliphatic heterocycles. The second-order valence-corrected chi connectivity index (χ2v) is 14.4. The van der Waals surface area contributed by atoms with Gasteiger partial charge in [0.2, 0.25) is 11.8 Å². The van der Waals surface area contributed by atoms with Crippen molar-refractivity contribution >= 4 is 29.7 Å². The van der Waals surface area contributed by atoms with E-state index in [1.807, 2.05) is 44.2 Å². The van der Waals surface area contributed by atoms with Gasteiger partial charge in [-0.25, -0.2) is 14.8 Å². The normalized spacial score (nSPS) is 17.2. The number of amides is 3. The topological polar surface area (TPSA) is 143 Å². The standard InChI is InChI=1S/C35H53N5O5S/c1-6-24(2)30(40-31(42)28(23-26-16-11-8-12-17-26)39-34(44)45-35(3,4)5)32(43)38-27(22-25-14-9-7-10-15-25)29(41)18-21-46-33-36-19-13-20-37-33/h8,11-13,16-17,19-20,24-25,27-30,41H,6-7,9-10,14-15,18,21-23H2,1-5H3,(H,38,43)(H,39,44)(H,40,42)/t24-,27-,28-,29-,30-/m0/s1. The summed E-state index contributed by atoms with van der Waals surface area (Å²) < 4.78 is 5.44. The predicted octanol–water partition coefficient (Wildman–Crippen LogP) is 5.44. The number of nitrogens with one attached hydrogen (secondary N) is 3. The van der Waals surface area contributed by atoms with E-state index in [1.165, 1.54) is 18.2 Å². The molecule has 1 aliphatic carbocycles. The van der Waals surface area contributed by atoms with Crippen molar-refractivity contribution in [2.75, 3.05) is 5.75 Å². The van der Waals surface area contributed by atoms with Gasteiger partial charge >= 0.3 is 6.09 Å². The number of hydrogen-bond acceptors (Lipinski definition) is 8. The predicted molar refractivity (Wildman–Crippen MR) is 181 cm³/mol. The van der Waals surface area contributed by atoms with E-state index in [4.69, 9.17) is 4.74 Å². The van der Waals surface area contributed by atoms with Crippen LogP contribution in [-0.4, -0.2) is 68.6 Å². The summed E-state index contributed by atoms with van der Waals surface area (Å²) in [6, 6.07) is 8.88. The number of thioether (sulfide) groups is 1. The van der Waals surface area contributed by atoms with E-state index in [1.54, 1.807) is 39.2 Å². The Balaban J connectivity index is 1.74. The van der Waals surface area contributed by atoms with Gasteiger partial charge in [-0.15, -0.1) is 0 Å². The van der Waals surface area contributed by atoms with Gasteiger partial charge in [-0.2, -0.15) is 0 Å². The third-order valence-electron chi connectivity index (χ3n) is 8.37. The van der Waals surface area contributed by atoms with E-state index < -0.39 is 41.8 Å². The molecule has 46 heavy (non-hydrogen) atoms. The van der Waals surface area contributed by atoms with Crippen LogP contribution in [-0.2, 0) is 20.7 Å². The minimum absolute atomic E-state index is 0.193. The molecule has 1 aromatic heterocycles. The molecule has 10 nitrogen and oxygen atoms in total. The zero-order valence-electron chi connectivity index (χ0n) is 28.0. The average Bonchev–Trinajstić information content (AvgIpc) is 3.03. The molecule has 5 atom stereocenters. The number of aliphatic hydroxyl groups is 1. The Morgan fingerprint density at radius 2 is 1.65 bits per heavy atom. The van der Waals surface area contributed by atoms with Crippen LogP contribution in [0.15, 0.2) is 53.9 Å². The minimum atomic E-state index is -0.961. The number of ether oxygens (including phenoxy) is 1. The van der Waals surface area contributed by atoms with Crippen LogP contribution in [0.3, 0.4) is 0 Å². The highest BCUT2D eigenvalue weighted by Crippen LogP contribution is 2.29. The molecule has 254 valence electrons. The molecule has 2 aromatic rings. The molecule has 0 radical (unpaired) electrons. The van der Waals surface area contributed by atoms with Crippen molar-refractivity contribution in [1.82, 2.24) is 25.9 Å². The van der Waals surface area contributed by atoms with Gasteiger partial charge in [0.05, 0.1) is 12.1 Å². The molecule has 1 aliphatic rings. The fourth-order valence-electron chi connectivity index (χ4n) is 5.66. The molecule has 0 bridgehead atoms. The molecule has 0 unspecified atom stereocenters. The molecule has 0 spiro atoms. The largest absolute Gasteiger partial charge is 0.444 e. The zero-order valence-corrected chi connectivity index (χ0v) is 28.9. The van der Waals surface area contributed by atoms with E-state index >= 15 is 0 Å². The maximum atomic E-state index is 13.9. The third-order valence-corrected chi connectivity index (χ3v) is 9.28. The monoisotopic (exact) mass is 655 g/mol. The van der Waals surface area contributed by atoms with Crippen molar-refractivity contribution in [3.05, 3.63) is 54.4 Å². The van der Waals surface area contributed by atoms with Crippen LogP contribution < -0.4 is 16.0 Å². The van der Waals surface area contributed by atoms with Crippen LogP contribution >= 0.6 is 11.8 Å². The van der Waals surface area contributed by atoms with Gasteiger partial charge < -0.3 is 25.8 Å². The summed E-state index contributed by atoms with van der Waals surface area (Å²) in [5, 5.41) is 20.8. The van der Waals surface area contributed by atoms with Gasteiger partial charge in [0.1, 0.15) is 17.7 Å². The van der Waals surface area contributed by atoms with E-state index in [-0.39, 0.29) is 18.2 Å². The van der Waals surface area contributed by atoms with Gasteiger partial charge in [-0.05, 0) is 57.1 Å². The average molecular weight is 656 g/mol. The fraction of sp³-hybridized carbons (Fsp3) is 0.629. The highest BCUT2D eigenvalue weighted by molar-refractivity contribution is 7.99. The van der Waals surface area contributed by atoms with Gasteiger partial charge in [-0.1, -0.05) is 94.5 Å². The summed E-state index contributed by atoms with van der Waals surface area (Å²) in [4.78, 5) is 48.9. The first kappa shape index (κ1) is 37.3. The van der Waals surface area contributed by atoms with Crippen LogP contribution in [0.1, 0.15) is 91.5 Å². The lowest BCUT2D eigenvalue weighted by Gasteiger charge is -2.33. The molecule has 3 amide bonds. The number of alkyl carbamates (subject to hydrolysis) is 1. The Hall–Kier alpha value is -3.18. The van der Waals surface area contributed by atoms with Crippen molar-refractivity contribution in [3.63, 3.8) is 0 Å². The summed E-state index contributed by atoms with van der Waals surface area (Å²) >= 11 is 1.47. The molecule has 3 rings (SSSR count). The van der Waals surface area contributed by atoms with Crippen LogP contribution in [0.4, 0.5) is 4.79 Å². The first-order valence-electron chi connectivity index (χ1n) is 16.7. The Kier molecular flexibility index (Phi) is 15.3. The first-order valence-corrected chi connectivity index (χ1v) is 17.7. The van der Waals surface area contributed by atoms with Crippen molar-refractivity contribution in [1.29, 1.82) is 0 Å². The molecule has 0 saturated heterocycles. The Bertz CT molecular complexity index is 1210. The molecule has 11 heteroatoms. The third kappa shape index (κ3) is 13.3. The number of aromatic nitrogens is 2. The SMILES string of the molecule is CC[C@H](C)[C@H](NC(=O)[C@H](Cc1ccccc1)NC(=O)OC(C)(C)C)C(=O)N[C@@H](CC1CCCCC1)[C@@H](O)CCSc1ncccn1. The number of nitrogens with zero attached hydrogens (tertiary/aromatic N) is 2. The van der Waals surface area contributed by atoms with Crippen LogP contribution in [0, 0.1) is 11.8 Å². The first-order chi connectivity index (χ1) is 21.9. The van der Waals surface area contributed by atoms with Crippen molar-refractivity contribution in [3.8, 4) is 0 Å². The van der Waals surface area contributed by atoms with Gasteiger partial charge in [0.15, 0.2) is 5.16 Å². The number of carbonyl (C=O) groups is 3. The molecule has 1 fully saturated rings. The summed E-state index contributed by atoms with van der Waals surface area (Å²) in [6.45, 7) is 9.16. The lowest BCUT2D eigenvalue weighted by Crippen LogP contribution is -2.58. The summed E-state index contributed by atoms with van der Waals surface area (Å²) in [5.74, 6) is 0.0200. The number of benzene rings is 1. The van der Waals surface area contributed by atoms with Crippen molar-refractivity contribution < 1.29 is 24.2 Å². The maximum Gasteiger partial charge on any atom is 0.408 e. The van der Waals surface area contributed by atoms with E-state index in [0.717, 1.165) is 31.2 Å². The molecule has 4 N–H and O–H groups in total. The second kappa shape index (κ2) is 18.8. The molecule has 1 aromatic carbocycles. The number of carbonyl (C=O) groups excluding carboxylic acids is 3. The summed E-state index contributed by atoms with van der Waals surface area (Å²) in [6.07, 6.45) is 9.59. The van der Waals surface area contributed by atoms with Crippen LogP contribution in [0.2, 0.25) is 0 Å².